The first-order valence-corrected chi connectivity index (χ1v) is 13.0. The van der Waals surface area contributed by atoms with E-state index in [0.717, 1.165) is 36.9 Å². The fourth-order valence-electron chi connectivity index (χ4n) is 4.90. The van der Waals surface area contributed by atoms with Gasteiger partial charge in [-0.05, 0) is 42.9 Å². The van der Waals surface area contributed by atoms with Crippen molar-refractivity contribution in [3.8, 4) is 0 Å². The summed E-state index contributed by atoms with van der Waals surface area (Å²) < 4.78 is 0. The van der Waals surface area contributed by atoms with Gasteiger partial charge in [-0.15, -0.1) is 0 Å². The molecule has 2 aromatic carbocycles. The van der Waals surface area contributed by atoms with Crippen LogP contribution < -0.4 is 5.32 Å². The van der Waals surface area contributed by atoms with Crippen molar-refractivity contribution in [2.75, 3.05) is 39.3 Å². The third kappa shape index (κ3) is 6.97. The van der Waals surface area contributed by atoms with Gasteiger partial charge in [-0.25, -0.2) is 4.79 Å². The molecule has 2 bridgehead atoms. The van der Waals surface area contributed by atoms with Crippen LogP contribution >= 0.6 is 0 Å². The number of nitrogens with one attached hydrogen (secondary N) is 1. The van der Waals surface area contributed by atoms with Gasteiger partial charge in [-0.1, -0.05) is 60.7 Å². The van der Waals surface area contributed by atoms with Gasteiger partial charge < -0.3 is 20.0 Å². The zero-order valence-corrected chi connectivity index (χ0v) is 20.9. The van der Waals surface area contributed by atoms with Crippen LogP contribution in [0.1, 0.15) is 49.3 Å². The quantitative estimate of drug-likeness (QED) is 0.662. The molecule has 190 valence electrons. The maximum atomic E-state index is 13.4. The molecule has 1 unspecified atom stereocenters. The van der Waals surface area contributed by atoms with Crippen LogP contribution in [0.15, 0.2) is 66.7 Å². The first-order valence-electron chi connectivity index (χ1n) is 13.0. The Kier molecular flexibility index (Phi) is 9.14. The zero-order valence-electron chi connectivity index (χ0n) is 20.9. The highest BCUT2D eigenvalue weighted by atomic mass is 16.2. The lowest BCUT2D eigenvalue weighted by atomic mass is 10.0. The molecule has 36 heavy (non-hydrogen) atoms. The molecule has 4 amide bonds. The van der Waals surface area contributed by atoms with Gasteiger partial charge in [0.15, 0.2) is 0 Å². The summed E-state index contributed by atoms with van der Waals surface area (Å²) in [5, 5.41) is 3.01. The van der Waals surface area contributed by atoms with Crippen LogP contribution in [0.25, 0.3) is 6.08 Å². The van der Waals surface area contributed by atoms with Crippen molar-refractivity contribution in [1.29, 1.82) is 0 Å². The third-order valence-electron chi connectivity index (χ3n) is 6.85. The summed E-state index contributed by atoms with van der Waals surface area (Å²) in [4.78, 5) is 44.8. The van der Waals surface area contributed by atoms with E-state index in [9.17, 15) is 14.4 Å². The molecule has 4 rings (SSSR count). The molecule has 2 heterocycles. The Morgan fingerprint density at radius 2 is 1.47 bits per heavy atom. The average Bonchev–Trinajstić information content (AvgIpc) is 2.91. The van der Waals surface area contributed by atoms with Crippen molar-refractivity contribution in [1.82, 2.24) is 20.0 Å². The lowest BCUT2D eigenvalue weighted by Crippen LogP contribution is -2.51. The van der Waals surface area contributed by atoms with E-state index in [2.05, 4.69) is 5.32 Å². The molecule has 0 radical (unpaired) electrons. The van der Waals surface area contributed by atoms with Gasteiger partial charge >= 0.3 is 6.03 Å². The number of amides is 4. The average molecular weight is 489 g/mol. The van der Waals surface area contributed by atoms with Crippen molar-refractivity contribution in [3.05, 3.63) is 77.9 Å². The number of benzene rings is 2. The van der Waals surface area contributed by atoms with E-state index >= 15 is 0 Å². The van der Waals surface area contributed by atoms with Crippen LogP contribution in [-0.2, 0) is 9.59 Å². The highest BCUT2D eigenvalue weighted by molar-refractivity contribution is 5.91. The molecular weight excluding hydrogens is 452 g/mol. The van der Waals surface area contributed by atoms with Crippen molar-refractivity contribution in [3.63, 3.8) is 0 Å². The fraction of sp³-hybridized carbons (Fsp3) is 0.414. The van der Waals surface area contributed by atoms with Gasteiger partial charge in [0.1, 0.15) is 0 Å². The minimum absolute atomic E-state index is 0.00324. The van der Waals surface area contributed by atoms with E-state index in [0.29, 0.717) is 39.1 Å². The SMILES string of the molecule is O=C1CC(c2ccccc2)N2CCCN(CCCCN(C(=O)/C=C/c3ccccc3)CCCN1)C2=O. The lowest BCUT2D eigenvalue weighted by Gasteiger charge is -2.40. The van der Waals surface area contributed by atoms with Crippen molar-refractivity contribution in [2.45, 2.75) is 38.1 Å². The molecule has 0 spiro atoms. The van der Waals surface area contributed by atoms with Gasteiger partial charge in [-0.3, -0.25) is 9.59 Å². The van der Waals surface area contributed by atoms with Gasteiger partial charge in [0, 0.05) is 45.3 Å². The van der Waals surface area contributed by atoms with Gasteiger partial charge in [-0.2, -0.15) is 0 Å². The smallest absolute Gasteiger partial charge is 0.320 e. The molecule has 2 saturated heterocycles. The van der Waals surface area contributed by atoms with E-state index in [1.165, 1.54) is 0 Å². The summed E-state index contributed by atoms with van der Waals surface area (Å²) >= 11 is 0. The number of urea groups is 1. The van der Waals surface area contributed by atoms with E-state index in [1.807, 2.05) is 81.4 Å². The molecule has 2 aliphatic heterocycles. The Hall–Kier alpha value is -3.61. The molecule has 0 saturated carbocycles. The van der Waals surface area contributed by atoms with Gasteiger partial charge in [0.25, 0.3) is 0 Å². The summed E-state index contributed by atoms with van der Waals surface area (Å²) in [5.41, 5.74) is 1.96. The van der Waals surface area contributed by atoms with E-state index < -0.39 is 0 Å². The summed E-state index contributed by atoms with van der Waals surface area (Å²) in [5.74, 6) is -0.107. The number of carbonyl (C=O) groups is 3. The Morgan fingerprint density at radius 3 is 2.25 bits per heavy atom. The maximum absolute atomic E-state index is 13.4. The van der Waals surface area contributed by atoms with Gasteiger partial charge in [0.2, 0.25) is 11.8 Å². The molecule has 0 aromatic heterocycles. The molecule has 2 aliphatic rings. The summed E-state index contributed by atoms with van der Waals surface area (Å²) in [6, 6.07) is 19.3. The first-order chi connectivity index (χ1) is 17.6. The number of hydrogen-bond acceptors (Lipinski definition) is 3. The second-order valence-electron chi connectivity index (χ2n) is 9.43. The Morgan fingerprint density at radius 1 is 0.806 bits per heavy atom. The number of nitrogens with zero attached hydrogens (tertiary/aromatic N) is 3. The molecule has 1 N–H and O–H groups in total. The van der Waals surface area contributed by atoms with E-state index in [1.54, 1.807) is 6.08 Å². The second kappa shape index (κ2) is 12.9. The standard InChI is InChI=1S/C29H36N4O3/c34-27-23-26(25-13-5-2-6-14-25)33-22-10-21-32(29(33)36)19-8-7-18-31(20-9-17-30-27)28(35)16-15-24-11-3-1-4-12-24/h1-6,11-16,26H,7-10,17-23H2,(H,30,34)/b16-15+. The second-order valence-corrected chi connectivity index (χ2v) is 9.43. The highest BCUT2D eigenvalue weighted by Gasteiger charge is 2.33. The van der Waals surface area contributed by atoms with Crippen LogP contribution in [0.2, 0.25) is 0 Å². The Labute approximate surface area is 213 Å². The minimum atomic E-state index is -0.284. The number of carbonyl (C=O) groups excluding carboxylic acids is 3. The summed E-state index contributed by atoms with van der Waals surface area (Å²) in [7, 11) is 0. The number of fused-ring (bicyclic) bond motifs is 2. The predicted molar refractivity (Wildman–Crippen MR) is 141 cm³/mol. The summed E-state index contributed by atoms with van der Waals surface area (Å²) in [6.45, 7) is 3.74. The van der Waals surface area contributed by atoms with Crippen LogP contribution in [0, 0.1) is 0 Å². The molecule has 0 aliphatic carbocycles. The molecular formula is C29H36N4O3. The Balaban J connectivity index is 1.46. The highest BCUT2D eigenvalue weighted by Crippen LogP contribution is 2.28. The van der Waals surface area contributed by atoms with Crippen molar-refractivity contribution < 1.29 is 14.4 Å². The molecule has 7 nitrogen and oxygen atoms in total. The van der Waals surface area contributed by atoms with E-state index in [-0.39, 0.29) is 30.3 Å². The van der Waals surface area contributed by atoms with Crippen LogP contribution in [-0.4, -0.2) is 71.8 Å². The fourth-order valence-corrected chi connectivity index (χ4v) is 4.90. The Bertz CT molecular complexity index is 1040. The zero-order chi connectivity index (χ0) is 25.2. The molecule has 7 heteroatoms. The first kappa shape index (κ1) is 25.5. The molecule has 1 atom stereocenters. The largest absolute Gasteiger partial charge is 0.356 e. The number of rotatable bonds is 3. The van der Waals surface area contributed by atoms with Crippen molar-refractivity contribution in [2.24, 2.45) is 0 Å². The predicted octanol–water partition coefficient (Wildman–Crippen LogP) is 4.09. The molecule has 2 aromatic rings. The van der Waals surface area contributed by atoms with Crippen LogP contribution in [0.5, 0.6) is 0 Å². The topological polar surface area (TPSA) is 73.0 Å². The lowest BCUT2D eigenvalue weighted by molar-refractivity contribution is -0.126. The van der Waals surface area contributed by atoms with Crippen molar-refractivity contribution >= 4 is 23.9 Å². The monoisotopic (exact) mass is 488 g/mol. The normalized spacial score (nSPS) is 20.6. The van der Waals surface area contributed by atoms with Gasteiger partial charge in [0.05, 0.1) is 12.5 Å². The van der Waals surface area contributed by atoms with Crippen LogP contribution in [0.4, 0.5) is 4.79 Å². The van der Waals surface area contributed by atoms with Crippen LogP contribution in [0.3, 0.4) is 0 Å². The minimum Gasteiger partial charge on any atom is -0.356 e. The third-order valence-corrected chi connectivity index (χ3v) is 6.85. The maximum Gasteiger partial charge on any atom is 0.320 e. The van der Waals surface area contributed by atoms with E-state index in [4.69, 9.17) is 0 Å². The number of hydrogen-bond donors (Lipinski definition) is 1. The summed E-state index contributed by atoms with van der Waals surface area (Å²) in [6.07, 6.45) is 6.91. The molecule has 2 fully saturated rings.